The van der Waals surface area contributed by atoms with E-state index in [2.05, 4.69) is 10.2 Å². The average molecular weight is 518 g/mol. The van der Waals surface area contributed by atoms with Gasteiger partial charge in [-0.1, -0.05) is 42.5 Å². The number of aliphatic hydroxyl groups is 1. The second-order valence-electron chi connectivity index (χ2n) is 10.00. The van der Waals surface area contributed by atoms with Crippen molar-refractivity contribution in [3.05, 3.63) is 65.7 Å². The third-order valence-electron chi connectivity index (χ3n) is 7.29. The average Bonchev–Trinajstić information content (AvgIpc) is 3.23. The van der Waals surface area contributed by atoms with Crippen molar-refractivity contribution < 1.29 is 27.9 Å². The molecule has 0 aromatic heterocycles. The van der Waals surface area contributed by atoms with E-state index in [-0.39, 0.29) is 24.7 Å². The lowest BCUT2D eigenvalue weighted by atomic mass is 9.89. The van der Waals surface area contributed by atoms with Crippen molar-refractivity contribution in [2.24, 2.45) is 0 Å². The van der Waals surface area contributed by atoms with Crippen LogP contribution in [0.4, 0.5) is 18.9 Å². The normalized spacial score (nSPS) is 21.2. The number of benzene rings is 2. The van der Waals surface area contributed by atoms with Gasteiger partial charge in [0.05, 0.1) is 6.10 Å². The highest BCUT2D eigenvalue weighted by Crippen LogP contribution is 2.31. The van der Waals surface area contributed by atoms with Gasteiger partial charge in [0.15, 0.2) is 0 Å². The Labute approximate surface area is 215 Å². The molecule has 0 aliphatic carbocycles. The number of hydrogen-bond donors (Lipinski definition) is 2. The fourth-order valence-corrected chi connectivity index (χ4v) is 5.29. The van der Waals surface area contributed by atoms with Crippen molar-refractivity contribution in [2.75, 3.05) is 25.0 Å². The quantitative estimate of drug-likeness (QED) is 0.533. The van der Waals surface area contributed by atoms with Gasteiger partial charge in [-0.2, -0.15) is 13.2 Å². The minimum Gasteiger partial charge on any atom is -0.391 e. The highest BCUT2D eigenvalue weighted by molar-refractivity contribution is 5.90. The summed E-state index contributed by atoms with van der Waals surface area (Å²) >= 11 is 0. The second kappa shape index (κ2) is 12.1. The molecule has 2 fully saturated rings. The fraction of sp³-hybridized carbons (Fsp3) is 0.500. The number of likely N-dealkylation sites (tertiary alicyclic amines) is 2. The molecule has 0 radical (unpaired) electrons. The number of anilines is 1. The molecule has 37 heavy (non-hydrogen) atoms. The molecule has 9 heteroatoms. The fourth-order valence-electron chi connectivity index (χ4n) is 5.29. The predicted molar refractivity (Wildman–Crippen MR) is 135 cm³/mol. The number of nitrogens with one attached hydrogen (secondary N) is 1. The maximum atomic E-state index is 13.4. The lowest BCUT2D eigenvalue weighted by molar-refractivity contribution is -0.140. The van der Waals surface area contributed by atoms with E-state index in [1.165, 1.54) is 0 Å². The number of carbonyl (C=O) groups excluding carboxylic acids is 2. The smallest absolute Gasteiger partial charge is 0.389 e. The number of halogens is 3. The first-order valence-electron chi connectivity index (χ1n) is 12.9. The van der Waals surface area contributed by atoms with Crippen LogP contribution in [-0.2, 0) is 16.1 Å². The Morgan fingerprint density at radius 3 is 2.27 bits per heavy atom. The Morgan fingerprint density at radius 2 is 1.62 bits per heavy atom. The van der Waals surface area contributed by atoms with Crippen molar-refractivity contribution in [3.8, 4) is 0 Å². The standard InChI is InChI=1S/C28H34F3N3O3/c29-28(30,31)15-4-7-25(36)32-23-10-8-21(9-11-23)22-12-16-33(17-13-22)27(37)26-24(35)14-18-34(26)19-20-5-2-1-3-6-20/h1-3,5-6,8-11,22,24,26,35H,4,7,12-19H2,(H,32,36)/t24-,26-/m0/s1. The molecule has 2 N–H and O–H groups in total. The van der Waals surface area contributed by atoms with Crippen LogP contribution in [0.5, 0.6) is 0 Å². The summed E-state index contributed by atoms with van der Waals surface area (Å²) in [4.78, 5) is 29.2. The van der Waals surface area contributed by atoms with Crippen LogP contribution in [0.1, 0.15) is 55.6 Å². The van der Waals surface area contributed by atoms with E-state index < -0.39 is 30.7 Å². The summed E-state index contributed by atoms with van der Waals surface area (Å²) in [5.41, 5.74) is 2.78. The number of amides is 2. The Balaban J connectivity index is 1.26. The van der Waals surface area contributed by atoms with Crippen LogP contribution in [0.15, 0.2) is 54.6 Å². The largest absolute Gasteiger partial charge is 0.391 e. The third kappa shape index (κ3) is 7.55. The molecule has 6 nitrogen and oxygen atoms in total. The van der Waals surface area contributed by atoms with Gasteiger partial charge < -0.3 is 15.3 Å². The van der Waals surface area contributed by atoms with Gasteiger partial charge in [-0.05, 0) is 54.9 Å². The Kier molecular flexibility index (Phi) is 8.87. The van der Waals surface area contributed by atoms with Crippen molar-refractivity contribution in [1.82, 2.24) is 9.80 Å². The summed E-state index contributed by atoms with van der Waals surface area (Å²) in [6, 6.07) is 16.8. The van der Waals surface area contributed by atoms with Crippen LogP contribution in [0, 0.1) is 0 Å². The number of aliphatic hydroxyl groups excluding tert-OH is 1. The summed E-state index contributed by atoms with van der Waals surface area (Å²) < 4.78 is 36.7. The topological polar surface area (TPSA) is 72.9 Å². The lowest BCUT2D eigenvalue weighted by Crippen LogP contribution is -2.51. The highest BCUT2D eigenvalue weighted by Gasteiger charge is 2.41. The summed E-state index contributed by atoms with van der Waals surface area (Å²) in [6.07, 6.45) is -4.09. The van der Waals surface area contributed by atoms with E-state index in [0.29, 0.717) is 38.3 Å². The zero-order valence-electron chi connectivity index (χ0n) is 20.8. The van der Waals surface area contributed by atoms with Crippen molar-refractivity contribution in [1.29, 1.82) is 0 Å². The predicted octanol–water partition coefficient (Wildman–Crippen LogP) is 4.70. The Hall–Kier alpha value is -2.91. The van der Waals surface area contributed by atoms with Crippen LogP contribution < -0.4 is 5.32 Å². The molecule has 0 spiro atoms. The van der Waals surface area contributed by atoms with Gasteiger partial charge in [-0.3, -0.25) is 14.5 Å². The zero-order valence-corrected chi connectivity index (χ0v) is 20.8. The van der Waals surface area contributed by atoms with Crippen molar-refractivity contribution in [3.63, 3.8) is 0 Å². The van der Waals surface area contributed by atoms with Crippen LogP contribution in [-0.4, -0.2) is 64.7 Å². The van der Waals surface area contributed by atoms with Gasteiger partial charge in [0.25, 0.3) is 0 Å². The third-order valence-corrected chi connectivity index (χ3v) is 7.29. The molecule has 2 saturated heterocycles. The van der Waals surface area contributed by atoms with E-state index in [4.69, 9.17) is 0 Å². The number of rotatable bonds is 8. The maximum Gasteiger partial charge on any atom is 0.389 e. The number of nitrogens with zero attached hydrogens (tertiary/aromatic N) is 2. The van der Waals surface area contributed by atoms with Crippen LogP contribution >= 0.6 is 0 Å². The first-order chi connectivity index (χ1) is 17.7. The molecule has 2 heterocycles. The second-order valence-corrected chi connectivity index (χ2v) is 10.00. The van der Waals surface area contributed by atoms with Crippen LogP contribution in [0.2, 0.25) is 0 Å². The molecular formula is C28H34F3N3O3. The van der Waals surface area contributed by atoms with Gasteiger partial charge in [0.2, 0.25) is 11.8 Å². The first-order valence-corrected chi connectivity index (χ1v) is 12.9. The molecule has 2 aliphatic heterocycles. The number of carbonyl (C=O) groups is 2. The van der Waals surface area contributed by atoms with E-state index >= 15 is 0 Å². The summed E-state index contributed by atoms with van der Waals surface area (Å²) in [7, 11) is 0. The van der Waals surface area contributed by atoms with Crippen LogP contribution in [0.25, 0.3) is 0 Å². The lowest BCUT2D eigenvalue weighted by Gasteiger charge is -2.36. The molecule has 4 rings (SSSR count). The Bertz CT molecular complexity index is 1040. The molecule has 2 atom stereocenters. The van der Waals surface area contributed by atoms with Gasteiger partial charge in [-0.15, -0.1) is 0 Å². The maximum absolute atomic E-state index is 13.4. The minimum absolute atomic E-state index is 0.0111. The molecule has 2 aromatic carbocycles. The zero-order chi connectivity index (χ0) is 26.4. The number of piperidine rings is 1. The van der Waals surface area contributed by atoms with Gasteiger partial charge >= 0.3 is 6.18 Å². The first kappa shape index (κ1) is 27.1. The van der Waals surface area contributed by atoms with Crippen molar-refractivity contribution >= 4 is 17.5 Å². The number of alkyl halides is 3. The minimum atomic E-state index is -4.25. The van der Waals surface area contributed by atoms with Gasteiger partial charge in [-0.25, -0.2) is 0 Å². The monoisotopic (exact) mass is 517 g/mol. The molecule has 2 amide bonds. The molecular weight excluding hydrogens is 483 g/mol. The van der Waals surface area contributed by atoms with Crippen molar-refractivity contribution in [2.45, 2.75) is 69.3 Å². The number of hydrogen-bond acceptors (Lipinski definition) is 4. The van der Waals surface area contributed by atoms with E-state index in [9.17, 15) is 27.9 Å². The van der Waals surface area contributed by atoms with E-state index in [0.717, 1.165) is 24.0 Å². The van der Waals surface area contributed by atoms with Gasteiger partial charge in [0, 0.05) is 44.7 Å². The molecule has 2 aliphatic rings. The molecule has 0 bridgehead atoms. The Morgan fingerprint density at radius 1 is 0.946 bits per heavy atom. The highest BCUT2D eigenvalue weighted by atomic mass is 19.4. The molecule has 2 aromatic rings. The molecule has 0 unspecified atom stereocenters. The van der Waals surface area contributed by atoms with Crippen LogP contribution in [0.3, 0.4) is 0 Å². The summed E-state index contributed by atoms with van der Waals surface area (Å²) in [5, 5.41) is 13.2. The van der Waals surface area contributed by atoms with E-state index in [1.54, 1.807) is 12.1 Å². The summed E-state index contributed by atoms with van der Waals surface area (Å²) in [6.45, 7) is 2.55. The van der Waals surface area contributed by atoms with Gasteiger partial charge in [0.1, 0.15) is 6.04 Å². The molecule has 0 saturated carbocycles. The SMILES string of the molecule is O=C(CCCC(F)(F)F)Nc1ccc(C2CCN(C(=O)[C@@H]3[C@@H](O)CCN3Cc3ccccc3)CC2)cc1. The summed E-state index contributed by atoms with van der Waals surface area (Å²) in [5.74, 6) is -0.170. The molecule has 200 valence electrons. The van der Waals surface area contributed by atoms with E-state index in [1.807, 2.05) is 47.4 Å².